The Labute approximate surface area is 324 Å². The van der Waals surface area contributed by atoms with Gasteiger partial charge in [-0.1, -0.05) is 102 Å². The molecule has 1 aromatic carbocycles. The lowest BCUT2D eigenvalue weighted by atomic mass is 9.68. The first-order valence-corrected chi connectivity index (χ1v) is 21.9. The van der Waals surface area contributed by atoms with Crippen LogP contribution in [0, 0.1) is 41.4 Å². The van der Waals surface area contributed by atoms with Crippen LogP contribution in [-0.4, -0.2) is 37.4 Å². The molecule has 1 N–H and O–H groups in total. The Hall–Kier alpha value is -2.40. The Balaban J connectivity index is 0.00000117. The van der Waals surface area contributed by atoms with Crippen molar-refractivity contribution in [2.45, 2.75) is 168 Å². The molecule has 2 atom stereocenters. The van der Waals surface area contributed by atoms with Crippen LogP contribution in [0.15, 0.2) is 42.5 Å². The summed E-state index contributed by atoms with van der Waals surface area (Å²) in [5, 5.41) is 8.04. The van der Waals surface area contributed by atoms with Gasteiger partial charge in [0.25, 0.3) is 6.47 Å². The van der Waals surface area contributed by atoms with Crippen molar-refractivity contribution in [2.24, 2.45) is 41.4 Å². The van der Waals surface area contributed by atoms with Crippen LogP contribution in [0.25, 0.3) is 0 Å². The fourth-order valence-electron chi connectivity index (χ4n) is 10.3. The molecule has 53 heavy (non-hydrogen) atoms. The van der Waals surface area contributed by atoms with Crippen LogP contribution in [0.4, 0.5) is 0 Å². The number of fused-ring (bicyclic) bond motifs is 1. The maximum Gasteiger partial charge on any atom is 0.333 e. The number of aryl methyl sites for hydroxylation is 1. The largest absolute Gasteiger partial charge is 0.467 e. The second kappa shape index (κ2) is 23.5. The number of carbonyl (C=O) groups is 2. The van der Waals surface area contributed by atoms with Crippen molar-refractivity contribution in [3.8, 4) is 0 Å². The topological polar surface area (TPSA) is 72.8 Å². The normalized spacial score (nSPS) is 27.7. The van der Waals surface area contributed by atoms with Crippen molar-refractivity contribution >= 4 is 12.4 Å². The first kappa shape index (κ1) is 43.3. The molecule has 0 aliphatic heterocycles. The summed E-state index contributed by atoms with van der Waals surface area (Å²) in [6.45, 7) is 14.1. The Morgan fingerprint density at radius 1 is 0.792 bits per heavy atom. The van der Waals surface area contributed by atoms with E-state index in [1.54, 1.807) is 30.5 Å². The van der Waals surface area contributed by atoms with Crippen LogP contribution in [-0.2, 0) is 31.9 Å². The average molecular weight is 733 g/mol. The summed E-state index contributed by atoms with van der Waals surface area (Å²) in [7, 11) is 0. The second-order valence-corrected chi connectivity index (χ2v) is 18.0. The Bertz CT molecular complexity index is 1240. The fraction of sp³-hybridized carbons (Fsp3) is 0.750. The summed E-state index contributed by atoms with van der Waals surface area (Å²) in [5.41, 5.74) is 6.00. The molecule has 4 aliphatic carbocycles. The van der Waals surface area contributed by atoms with E-state index in [0.29, 0.717) is 30.5 Å². The van der Waals surface area contributed by atoms with Crippen LogP contribution in [0.2, 0.25) is 0 Å². The molecule has 5 heteroatoms. The van der Waals surface area contributed by atoms with Crippen LogP contribution in [0.5, 0.6) is 0 Å². The summed E-state index contributed by atoms with van der Waals surface area (Å²) in [4.78, 5) is 22.7. The number of aliphatic hydroxyl groups is 1. The predicted molar refractivity (Wildman–Crippen MR) is 219 cm³/mol. The molecule has 0 heterocycles. The molecule has 0 bridgehead atoms. The molecule has 5 rings (SSSR count). The monoisotopic (exact) mass is 733 g/mol. The van der Waals surface area contributed by atoms with Crippen molar-refractivity contribution in [1.29, 1.82) is 0 Å². The van der Waals surface area contributed by atoms with Gasteiger partial charge in [-0.3, -0.25) is 4.79 Å². The third kappa shape index (κ3) is 15.0. The number of hydrogen-bond acceptors (Lipinski definition) is 5. The maximum atomic E-state index is 11.9. The van der Waals surface area contributed by atoms with Crippen LogP contribution < -0.4 is 0 Å². The smallest absolute Gasteiger partial charge is 0.333 e. The van der Waals surface area contributed by atoms with E-state index in [-0.39, 0.29) is 25.1 Å². The first-order chi connectivity index (χ1) is 25.7. The van der Waals surface area contributed by atoms with Gasteiger partial charge in [0.15, 0.2) is 0 Å². The minimum absolute atomic E-state index is 0.0431. The van der Waals surface area contributed by atoms with Crippen LogP contribution in [0.1, 0.15) is 172 Å². The molecule has 0 saturated heterocycles. The van der Waals surface area contributed by atoms with Gasteiger partial charge in [0.1, 0.15) is 0 Å². The molecule has 2 unspecified atom stereocenters. The lowest BCUT2D eigenvalue weighted by Gasteiger charge is -2.38. The lowest BCUT2D eigenvalue weighted by Crippen LogP contribution is -2.26. The van der Waals surface area contributed by atoms with Gasteiger partial charge in [0.05, 0.1) is 19.8 Å². The molecule has 5 nitrogen and oxygen atoms in total. The first-order valence-electron chi connectivity index (χ1n) is 21.9. The SMILES string of the molecule is C=C(C)C(=O)OCC(COC=O)CC1CCC(c2ccc3c(c2)CCC(CCC2CCC(C4CCC(CCCCC)CC4)CC2)C3)CC1.C=C(C)CO. The van der Waals surface area contributed by atoms with Gasteiger partial charge in [0.2, 0.25) is 0 Å². The third-order valence-electron chi connectivity index (χ3n) is 13.7. The van der Waals surface area contributed by atoms with E-state index >= 15 is 0 Å². The van der Waals surface area contributed by atoms with Gasteiger partial charge in [0, 0.05) is 11.5 Å². The minimum atomic E-state index is -0.369. The number of ether oxygens (including phenoxy) is 2. The molecular formula is C48H76O5. The van der Waals surface area contributed by atoms with E-state index in [0.717, 1.165) is 41.6 Å². The summed E-state index contributed by atoms with van der Waals surface area (Å²) in [6.07, 6.45) is 30.5. The molecule has 298 valence electrons. The highest BCUT2D eigenvalue weighted by molar-refractivity contribution is 5.86. The summed E-state index contributed by atoms with van der Waals surface area (Å²) in [5.74, 6) is 5.91. The zero-order valence-electron chi connectivity index (χ0n) is 34.1. The zero-order valence-corrected chi connectivity index (χ0v) is 34.1. The second-order valence-electron chi connectivity index (χ2n) is 18.0. The van der Waals surface area contributed by atoms with Crippen molar-refractivity contribution in [3.05, 3.63) is 59.2 Å². The molecule has 3 fully saturated rings. The summed E-state index contributed by atoms with van der Waals surface area (Å²) in [6, 6.07) is 7.49. The van der Waals surface area contributed by atoms with Crippen LogP contribution in [0.3, 0.4) is 0 Å². The van der Waals surface area contributed by atoms with Crippen LogP contribution >= 0.6 is 0 Å². The van der Waals surface area contributed by atoms with E-state index in [9.17, 15) is 9.59 Å². The average Bonchev–Trinajstić information content (AvgIpc) is 3.18. The number of hydrogen-bond donors (Lipinski definition) is 1. The summed E-state index contributed by atoms with van der Waals surface area (Å²) >= 11 is 0. The lowest BCUT2D eigenvalue weighted by molar-refractivity contribution is -0.141. The highest BCUT2D eigenvalue weighted by atomic mass is 16.5. The molecule has 0 aromatic heterocycles. The van der Waals surface area contributed by atoms with E-state index in [1.807, 2.05) is 0 Å². The van der Waals surface area contributed by atoms with E-state index < -0.39 is 0 Å². The molecule has 1 aromatic rings. The Morgan fingerprint density at radius 3 is 1.98 bits per heavy atom. The van der Waals surface area contributed by atoms with Gasteiger partial charge in [-0.15, -0.1) is 0 Å². The fourth-order valence-corrected chi connectivity index (χ4v) is 10.3. The molecule has 3 saturated carbocycles. The van der Waals surface area contributed by atoms with E-state index in [2.05, 4.69) is 38.3 Å². The quantitative estimate of drug-likeness (QED) is 0.0535. The Morgan fingerprint density at radius 2 is 1.40 bits per heavy atom. The van der Waals surface area contributed by atoms with Gasteiger partial charge in [-0.2, -0.15) is 0 Å². The van der Waals surface area contributed by atoms with Crippen molar-refractivity contribution < 1.29 is 24.2 Å². The summed E-state index contributed by atoms with van der Waals surface area (Å²) < 4.78 is 10.5. The maximum absolute atomic E-state index is 11.9. The molecule has 4 aliphatic rings. The molecule has 0 spiro atoms. The predicted octanol–water partition coefficient (Wildman–Crippen LogP) is 11.9. The molecular weight excluding hydrogens is 657 g/mol. The number of esters is 1. The number of unbranched alkanes of at least 4 members (excludes halogenated alkanes) is 2. The highest BCUT2D eigenvalue weighted by Crippen LogP contribution is 2.44. The standard InChI is InChI=1S/C44H68O4.C4H8O/c1-4-5-6-7-33-10-17-38(18-11-33)39-19-12-34(13-20-39)8-9-36-16-23-43-28-42(25-24-41(43)27-36)40-21-14-35(15-22-40)26-37(29-47-31-45)30-48-44(46)32(2)3;1-4(2)3-5/h24-25,28,31,33-40H,2,4-23,26-27,29-30H2,1,3H3;5H,1,3H2,2H3. The molecule has 0 radical (unpaired) electrons. The van der Waals surface area contributed by atoms with E-state index in [4.69, 9.17) is 14.6 Å². The van der Waals surface area contributed by atoms with Gasteiger partial charge >= 0.3 is 5.97 Å². The molecule has 0 amide bonds. The van der Waals surface area contributed by atoms with E-state index in [1.165, 1.54) is 135 Å². The number of benzene rings is 1. The highest BCUT2D eigenvalue weighted by Gasteiger charge is 2.32. The zero-order chi connectivity index (χ0) is 38.0. The van der Waals surface area contributed by atoms with Gasteiger partial charge in [-0.25, -0.2) is 4.79 Å². The number of aliphatic hydroxyl groups excluding tert-OH is 1. The van der Waals surface area contributed by atoms with Crippen molar-refractivity contribution in [2.75, 3.05) is 19.8 Å². The van der Waals surface area contributed by atoms with Gasteiger partial charge in [-0.05, 0) is 155 Å². The van der Waals surface area contributed by atoms with Gasteiger partial charge < -0.3 is 14.6 Å². The Kier molecular flexibility index (Phi) is 19.2. The third-order valence-corrected chi connectivity index (χ3v) is 13.7. The van der Waals surface area contributed by atoms with Crippen molar-refractivity contribution in [1.82, 2.24) is 0 Å². The minimum Gasteiger partial charge on any atom is -0.467 e. The number of rotatable bonds is 18. The van der Waals surface area contributed by atoms with Crippen molar-refractivity contribution in [3.63, 3.8) is 0 Å². The number of carbonyl (C=O) groups excluding carboxylic acids is 2.